The molecule has 0 bridgehead atoms. The van der Waals surface area contributed by atoms with Crippen molar-refractivity contribution in [3.05, 3.63) is 12.7 Å². The molecule has 0 spiro atoms. The van der Waals surface area contributed by atoms with Crippen molar-refractivity contribution in [2.45, 2.75) is 26.3 Å². The van der Waals surface area contributed by atoms with E-state index < -0.39 is 9.84 Å². The van der Waals surface area contributed by atoms with E-state index in [2.05, 4.69) is 22.2 Å². The van der Waals surface area contributed by atoms with Crippen molar-refractivity contribution >= 4 is 15.8 Å². The van der Waals surface area contributed by atoms with Crippen LogP contribution < -0.4 is 10.6 Å². The molecule has 0 saturated carbocycles. The van der Waals surface area contributed by atoms with Gasteiger partial charge in [0, 0.05) is 19.1 Å². The average Bonchev–Trinajstić information content (AvgIpc) is 2.61. The van der Waals surface area contributed by atoms with Gasteiger partial charge in [0.05, 0.1) is 11.5 Å². The molecule has 0 amide bonds. The highest BCUT2D eigenvalue weighted by Crippen LogP contribution is 2.18. The molecule has 2 N–H and O–H groups in total. The summed E-state index contributed by atoms with van der Waals surface area (Å²) in [5.41, 5.74) is 0. The van der Waals surface area contributed by atoms with Crippen LogP contribution in [-0.2, 0) is 9.84 Å². The minimum atomic E-state index is -2.81. The summed E-state index contributed by atoms with van der Waals surface area (Å²) in [5.74, 6) is 1.45. The summed E-state index contributed by atoms with van der Waals surface area (Å²) in [6.07, 6.45) is 2.49. The molecular formula is C12H23N3O2S. The highest BCUT2D eigenvalue weighted by molar-refractivity contribution is 7.91. The van der Waals surface area contributed by atoms with Gasteiger partial charge in [0.1, 0.15) is 0 Å². The summed E-state index contributed by atoms with van der Waals surface area (Å²) in [6.45, 7) is 8.90. The van der Waals surface area contributed by atoms with Crippen LogP contribution >= 0.6 is 0 Å². The van der Waals surface area contributed by atoms with Gasteiger partial charge in [-0.25, -0.2) is 8.42 Å². The average molecular weight is 273 g/mol. The van der Waals surface area contributed by atoms with Gasteiger partial charge in [0.2, 0.25) is 0 Å². The van der Waals surface area contributed by atoms with Gasteiger partial charge < -0.3 is 10.6 Å². The molecule has 1 heterocycles. The van der Waals surface area contributed by atoms with Gasteiger partial charge in [-0.3, -0.25) is 4.99 Å². The summed E-state index contributed by atoms with van der Waals surface area (Å²) in [6, 6.07) is 0.286. The fourth-order valence-corrected chi connectivity index (χ4v) is 3.68. The third-order valence-electron chi connectivity index (χ3n) is 2.67. The first-order chi connectivity index (χ1) is 8.43. The Morgan fingerprint density at radius 2 is 2.28 bits per heavy atom. The van der Waals surface area contributed by atoms with E-state index >= 15 is 0 Å². The van der Waals surface area contributed by atoms with Gasteiger partial charge in [0.25, 0.3) is 0 Å². The second kappa shape index (κ2) is 6.78. The minimum absolute atomic E-state index is 0.157. The SMILES string of the molecule is C=CCNC(=NCC1CCS(=O)(=O)C1)NC(C)C. The monoisotopic (exact) mass is 273 g/mol. The van der Waals surface area contributed by atoms with E-state index in [1.54, 1.807) is 6.08 Å². The fraction of sp³-hybridized carbons (Fsp3) is 0.750. The third kappa shape index (κ3) is 5.53. The van der Waals surface area contributed by atoms with Crippen molar-refractivity contribution in [1.29, 1.82) is 0 Å². The Labute approximate surface area is 110 Å². The first-order valence-electron chi connectivity index (χ1n) is 6.29. The summed E-state index contributed by atoms with van der Waals surface area (Å²) in [5, 5.41) is 6.32. The van der Waals surface area contributed by atoms with E-state index in [-0.39, 0.29) is 17.7 Å². The molecule has 0 aliphatic carbocycles. The molecule has 6 heteroatoms. The Bertz CT molecular complexity index is 402. The maximum Gasteiger partial charge on any atom is 0.191 e. The molecule has 104 valence electrons. The Morgan fingerprint density at radius 1 is 1.56 bits per heavy atom. The van der Waals surface area contributed by atoms with E-state index in [4.69, 9.17) is 0 Å². The molecule has 0 aromatic heterocycles. The maximum atomic E-state index is 11.3. The summed E-state index contributed by atoms with van der Waals surface area (Å²) < 4.78 is 22.7. The van der Waals surface area contributed by atoms with Crippen molar-refractivity contribution in [2.24, 2.45) is 10.9 Å². The van der Waals surface area contributed by atoms with E-state index in [0.29, 0.717) is 24.8 Å². The molecule has 0 radical (unpaired) electrons. The van der Waals surface area contributed by atoms with Crippen LogP contribution in [-0.4, -0.2) is 45.0 Å². The maximum absolute atomic E-state index is 11.3. The summed E-state index contributed by atoms with van der Waals surface area (Å²) in [7, 11) is -2.81. The van der Waals surface area contributed by atoms with E-state index in [1.165, 1.54) is 0 Å². The Morgan fingerprint density at radius 3 is 2.78 bits per heavy atom. The topological polar surface area (TPSA) is 70.6 Å². The lowest BCUT2D eigenvalue weighted by Crippen LogP contribution is -2.41. The third-order valence-corrected chi connectivity index (χ3v) is 4.51. The number of sulfone groups is 1. The molecule has 5 nitrogen and oxygen atoms in total. The van der Waals surface area contributed by atoms with Gasteiger partial charge in [0.15, 0.2) is 15.8 Å². The van der Waals surface area contributed by atoms with Gasteiger partial charge in [-0.1, -0.05) is 6.08 Å². The molecule has 1 saturated heterocycles. The molecule has 1 atom stereocenters. The van der Waals surface area contributed by atoms with Crippen LogP contribution in [0.4, 0.5) is 0 Å². The standard InChI is InChI=1S/C12H23N3O2S/c1-4-6-13-12(15-10(2)3)14-8-11-5-7-18(16,17)9-11/h4,10-11H,1,5-9H2,2-3H3,(H2,13,14,15). The van der Waals surface area contributed by atoms with Crippen molar-refractivity contribution in [1.82, 2.24) is 10.6 Å². The van der Waals surface area contributed by atoms with Crippen LogP contribution in [0.15, 0.2) is 17.6 Å². The second-order valence-corrected chi connectivity index (χ2v) is 7.16. The quantitative estimate of drug-likeness (QED) is 0.436. The summed E-state index contributed by atoms with van der Waals surface area (Å²) in [4.78, 5) is 4.43. The smallest absolute Gasteiger partial charge is 0.191 e. The lowest BCUT2D eigenvalue weighted by atomic mass is 10.1. The first-order valence-corrected chi connectivity index (χ1v) is 8.11. The Kier molecular flexibility index (Phi) is 5.65. The van der Waals surface area contributed by atoms with Crippen LogP contribution in [0.5, 0.6) is 0 Å². The number of rotatable bonds is 5. The molecule has 1 rings (SSSR count). The highest BCUT2D eigenvalue weighted by atomic mass is 32.2. The zero-order chi connectivity index (χ0) is 13.6. The van der Waals surface area contributed by atoms with Gasteiger partial charge in [-0.2, -0.15) is 0 Å². The lowest BCUT2D eigenvalue weighted by Gasteiger charge is -2.15. The molecule has 0 aromatic carbocycles. The minimum Gasteiger partial charge on any atom is -0.354 e. The predicted octanol–water partition coefficient (Wildman–Crippen LogP) is 0.551. The Hall–Kier alpha value is -1.04. The lowest BCUT2D eigenvalue weighted by molar-refractivity contribution is 0.588. The van der Waals surface area contributed by atoms with Crippen molar-refractivity contribution in [3.63, 3.8) is 0 Å². The fourth-order valence-electron chi connectivity index (χ4n) is 1.83. The molecule has 1 aliphatic heterocycles. The van der Waals surface area contributed by atoms with Crippen molar-refractivity contribution in [3.8, 4) is 0 Å². The van der Waals surface area contributed by atoms with Crippen LogP contribution in [0, 0.1) is 5.92 Å². The molecule has 0 aromatic rings. The number of hydrogen-bond acceptors (Lipinski definition) is 3. The molecule has 1 unspecified atom stereocenters. The summed E-state index contributed by atoms with van der Waals surface area (Å²) >= 11 is 0. The molecular weight excluding hydrogens is 250 g/mol. The van der Waals surface area contributed by atoms with Gasteiger partial charge in [-0.05, 0) is 26.2 Å². The van der Waals surface area contributed by atoms with Crippen LogP contribution in [0.3, 0.4) is 0 Å². The van der Waals surface area contributed by atoms with E-state index in [0.717, 1.165) is 6.42 Å². The number of aliphatic imine (C=N–C) groups is 1. The largest absolute Gasteiger partial charge is 0.354 e. The zero-order valence-electron chi connectivity index (χ0n) is 11.1. The van der Waals surface area contributed by atoms with Crippen LogP contribution in [0.25, 0.3) is 0 Å². The Balaban J connectivity index is 2.51. The van der Waals surface area contributed by atoms with E-state index in [1.807, 2.05) is 13.8 Å². The van der Waals surface area contributed by atoms with Crippen LogP contribution in [0.1, 0.15) is 20.3 Å². The van der Waals surface area contributed by atoms with Crippen molar-refractivity contribution < 1.29 is 8.42 Å². The first kappa shape index (κ1) is 15.0. The zero-order valence-corrected chi connectivity index (χ0v) is 12.0. The number of guanidine groups is 1. The highest BCUT2D eigenvalue weighted by Gasteiger charge is 2.27. The van der Waals surface area contributed by atoms with Crippen LogP contribution in [0.2, 0.25) is 0 Å². The molecule has 1 aliphatic rings. The second-order valence-electron chi connectivity index (χ2n) is 4.93. The van der Waals surface area contributed by atoms with Gasteiger partial charge in [-0.15, -0.1) is 6.58 Å². The molecule has 18 heavy (non-hydrogen) atoms. The number of nitrogens with zero attached hydrogens (tertiary/aromatic N) is 1. The normalized spacial score (nSPS) is 23.1. The number of hydrogen-bond donors (Lipinski definition) is 2. The van der Waals surface area contributed by atoms with E-state index in [9.17, 15) is 8.42 Å². The van der Waals surface area contributed by atoms with Gasteiger partial charge >= 0.3 is 0 Å². The number of nitrogens with one attached hydrogen (secondary N) is 2. The van der Waals surface area contributed by atoms with Crippen molar-refractivity contribution in [2.75, 3.05) is 24.6 Å². The molecule has 1 fully saturated rings. The predicted molar refractivity (Wildman–Crippen MR) is 75.5 cm³/mol.